The van der Waals surface area contributed by atoms with Gasteiger partial charge in [0.25, 0.3) is 0 Å². The molecule has 2 aromatic rings. The summed E-state index contributed by atoms with van der Waals surface area (Å²) in [4.78, 5) is 8.04. The summed E-state index contributed by atoms with van der Waals surface area (Å²) in [5.74, 6) is 2.62. The topological polar surface area (TPSA) is 28.7 Å². The van der Waals surface area contributed by atoms with Crippen molar-refractivity contribution in [2.45, 2.75) is 38.5 Å². The molecule has 0 atom stereocenters. The molecular weight excluding hydrogens is 256 g/mol. The van der Waals surface area contributed by atoms with Gasteiger partial charge in [0.05, 0.1) is 11.9 Å². The van der Waals surface area contributed by atoms with E-state index >= 15 is 0 Å². The van der Waals surface area contributed by atoms with Crippen molar-refractivity contribution >= 4 is 11.6 Å². The zero-order chi connectivity index (χ0) is 13.2. The van der Waals surface area contributed by atoms with Crippen LogP contribution in [-0.4, -0.2) is 9.97 Å². The molecule has 3 rings (SSSR count). The van der Waals surface area contributed by atoms with E-state index in [0.29, 0.717) is 5.92 Å². The number of H-pyrrole nitrogens is 1. The van der Waals surface area contributed by atoms with Gasteiger partial charge in [0.1, 0.15) is 5.82 Å². The van der Waals surface area contributed by atoms with E-state index in [1.165, 1.54) is 25.7 Å². The van der Waals surface area contributed by atoms with Crippen molar-refractivity contribution in [1.82, 2.24) is 9.97 Å². The molecule has 1 saturated carbocycles. The van der Waals surface area contributed by atoms with Crippen LogP contribution in [0.5, 0.6) is 0 Å². The summed E-state index contributed by atoms with van der Waals surface area (Å²) in [5, 5.41) is 0.764. The Kier molecular flexibility index (Phi) is 3.61. The van der Waals surface area contributed by atoms with E-state index in [-0.39, 0.29) is 0 Å². The highest BCUT2D eigenvalue weighted by molar-refractivity contribution is 6.30. The molecule has 1 aliphatic rings. The maximum atomic E-state index is 6.03. The Morgan fingerprint density at radius 2 is 2.00 bits per heavy atom. The fourth-order valence-electron chi connectivity index (χ4n) is 2.88. The second-order valence-corrected chi connectivity index (χ2v) is 6.09. The van der Waals surface area contributed by atoms with Gasteiger partial charge in [0, 0.05) is 16.5 Å². The minimum atomic E-state index is 0.601. The van der Waals surface area contributed by atoms with E-state index in [4.69, 9.17) is 11.6 Å². The van der Waals surface area contributed by atoms with Gasteiger partial charge < -0.3 is 4.98 Å². The van der Waals surface area contributed by atoms with Crippen LogP contribution in [0.4, 0.5) is 0 Å². The molecule has 0 saturated heterocycles. The van der Waals surface area contributed by atoms with E-state index in [0.717, 1.165) is 28.0 Å². The third-order valence-electron chi connectivity index (χ3n) is 4.13. The van der Waals surface area contributed by atoms with Crippen LogP contribution < -0.4 is 0 Å². The van der Waals surface area contributed by atoms with E-state index in [1.54, 1.807) is 0 Å². The molecule has 0 aliphatic heterocycles. The number of benzene rings is 1. The van der Waals surface area contributed by atoms with Crippen molar-refractivity contribution in [3.8, 4) is 11.3 Å². The second-order valence-electron chi connectivity index (χ2n) is 5.65. The maximum Gasteiger partial charge on any atom is 0.109 e. The van der Waals surface area contributed by atoms with E-state index < -0.39 is 0 Å². The van der Waals surface area contributed by atoms with Crippen molar-refractivity contribution in [3.05, 3.63) is 41.3 Å². The standard InChI is InChI=1S/C16H19ClN2/c1-11-5-7-12(8-6-11)16-18-10-15(19-16)13-3-2-4-14(17)9-13/h2-4,9-12H,5-8H2,1H3,(H,18,19). The minimum Gasteiger partial charge on any atom is -0.342 e. The van der Waals surface area contributed by atoms with Crippen LogP contribution in [0.2, 0.25) is 5.02 Å². The average molecular weight is 275 g/mol. The molecule has 0 unspecified atom stereocenters. The van der Waals surface area contributed by atoms with E-state index in [9.17, 15) is 0 Å². The summed E-state index contributed by atoms with van der Waals surface area (Å²) in [6, 6.07) is 7.90. The van der Waals surface area contributed by atoms with Gasteiger partial charge in [0.2, 0.25) is 0 Å². The Bertz CT molecular complexity index is 553. The number of halogens is 1. The molecule has 1 heterocycles. The zero-order valence-corrected chi connectivity index (χ0v) is 12.0. The van der Waals surface area contributed by atoms with Crippen LogP contribution in [0, 0.1) is 5.92 Å². The third-order valence-corrected chi connectivity index (χ3v) is 4.37. The van der Waals surface area contributed by atoms with Gasteiger partial charge in [-0.1, -0.05) is 43.5 Å². The Morgan fingerprint density at radius 3 is 2.74 bits per heavy atom. The molecule has 1 aromatic heterocycles. The lowest BCUT2D eigenvalue weighted by atomic mass is 9.83. The van der Waals surface area contributed by atoms with Crippen molar-refractivity contribution in [3.63, 3.8) is 0 Å². The normalized spacial score (nSPS) is 23.5. The van der Waals surface area contributed by atoms with Gasteiger partial charge in [-0.25, -0.2) is 4.98 Å². The molecule has 0 spiro atoms. The summed E-state index contributed by atoms with van der Waals surface area (Å²) in [6.07, 6.45) is 7.07. The lowest BCUT2D eigenvalue weighted by Crippen LogP contribution is -2.11. The predicted molar refractivity (Wildman–Crippen MR) is 79.4 cm³/mol. The van der Waals surface area contributed by atoms with Crippen molar-refractivity contribution < 1.29 is 0 Å². The number of rotatable bonds is 2. The Morgan fingerprint density at radius 1 is 1.21 bits per heavy atom. The fraction of sp³-hybridized carbons (Fsp3) is 0.438. The molecule has 1 N–H and O–H groups in total. The fourth-order valence-corrected chi connectivity index (χ4v) is 3.07. The van der Waals surface area contributed by atoms with Gasteiger partial charge in [-0.15, -0.1) is 0 Å². The maximum absolute atomic E-state index is 6.03. The third kappa shape index (κ3) is 2.84. The van der Waals surface area contributed by atoms with Gasteiger partial charge in [-0.05, 0) is 30.9 Å². The summed E-state index contributed by atoms with van der Waals surface area (Å²) in [5.41, 5.74) is 2.17. The molecule has 0 bridgehead atoms. The lowest BCUT2D eigenvalue weighted by Gasteiger charge is -2.24. The highest BCUT2D eigenvalue weighted by Gasteiger charge is 2.22. The number of aromatic nitrogens is 2. The molecule has 19 heavy (non-hydrogen) atoms. The van der Waals surface area contributed by atoms with Gasteiger partial charge >= 0.3 is 0 Å². The largest absolute Gasteiger partial charge is 0.342 e. The zero-order valence-electron chi connectivity index (χ0n) is 11.2. The van der Waals surface area contributed by atoms with Crippen LogP contribution in [0.1, 0.15) is 44.3 Å². The highest BCUT2D eigenvalue weighted by Crippen LogP contribution is 2.35. The SMILES string of the molecule is CC1CCC(c2ncc(-c3cccc(Cl)c3)[nH]2)CC1. The summed E-state index contributed by atoms with van der Waals surface area (Å²) in [7, 11) is 0. The molecular formula is C16H19ClN2. The number of nitrogens with zero attached hydrogens (tertiary/aromatic N) is 1. The number of aromatic amines is 1. The number of hydrogen-bond donors (Lipinski definition) is 1. The first-order valence-electron chi connectivity index (χ1n) is 7.03. The van der Waals surface area contributed by atoms with Crippen LogP contribution in [0.3, 0.4) is 0 Å². The molecule has 3 heteroatoms. The number of imidazole rings is 1. The molecule has 100 valence electrons. The highest BCUT2D eigenvalue weighted by atomic mass is 35.5. The van der Waals surface area contributed by atoms with Crippen molar-refractivity contribution in [2.24, 2.45) is 5.92 Å². The number of nitrogens with one attached hydrogen (secondary N) is 1. The van der Waals surface area contributed by atoms with Crippen molar-refractivity contribution in [2.75, 3.05) is 0 Å². The number of hydrogen-bond acceptors (Lipinski definition) is 1. The van der Waals surface area contributed by atoms with Crippen LogP contribution in [-0.2, 0) is 0 Å². The van der Waals surface area contributed by atoms with Crippen LogP contribution in [0.25, 0.3) is 11.3 Å². The Hall–Kier alpha value is -1.28. The molecule has 0 radical (unpaired) electrons. The van der Waals surface area contributed by atoms with E-state index in [1.807, 2.05) is 24.4 Å². The quantitative estimate of drug-likeness (QED) is 0.818. The van der Waals surface area contributed by atoms with Crippen molar-refractivity contribution in [1.29, 1.82) is 0 Å². The molecule has 2 nitrogen and oxygen atoms in total. The van der Waals surface area contributed by atoms with E-state index in [2.05, 4.69) is 23.0 Å². The summed E-state index contributed by atoms with van der Waals surface area (Å²) in [6.45, 7) is 2.34. The Balaban J connectivity index is 1.80. The molecule has 0 amide bonds. The minimum absolute atomic E-state index is 0.601. The lowest BCUT2D eigenvalue weighted by molar-refractivity contribution is 0.341. The van der Waals surface area contributed by atoms with Gasteiger partial charge in [-0.2, -0.15) is 0 Å². The first kappa shape index (κ1) is 12.7. The summed E-state index contributed by atoms with van der Waals surface area (Å²) < 4.78 is 0. The second kappa shape index (κ2) is 5.38. The smallest absolute Gasteiger partial charge is 0.109 e. The average Bonchev–Trinajstić information content (AvgIpc) is 2.89. The molecule has 1 aliphatic carbocycles. The van der Waals surface area contributed by atoms with Gasteiger partial charge in [-0.3, -0.25) is 0 Å². The summed E-state index contributed by atoms with van der Waals surface area (Å²) >= 11 is 6.03. The first-order valence-corrected chi connectivity index (χ1v) is 7.41. The molecule has 1 aromatic carbocycles. The monoisotopic (exact) mass is 274 g/mol. The van der Waals surface area contributed by atoms with Gasteiger partial charge in [0.15, 0.2) is 0 Å². The predicted octanol–water partition coefficient (Wildman–Crippen LogP) is 5.02. The van der Waals surface area contributed by atoms with Crippen LogP contribution >= 0.6 is 11.6 Å². The molecule has 1 fully saturated rings. The van der Waals surface area contributed by atoms with Crippen LogP contribution in [0.15, 0.2) is 30.5 Å². The Labute approximate surface area is 119 Å². The first-order chi connectivity index (χ1) is 9.22.